The molecule has 1 aromatic heterocycles. The molecule has 1 atom stereocenters. The van der Waals surface area contributed by atoms with Gasteiger partial charge < -0.3 is 10.2 Å². The molecule has 1 heterocycles. The van der Waals surface area contributed by atoms with Gasteiger partial charge in [0.25, 0.3) is 0 Å². The molecular weight excluding hydrogens is 264 g/mol. The number of nitrogens with two attached hydrogens (primary N) is 1. The van der Waals surface area contributed by atoms with Gasteiger partial charge in [0.15, 0.2) is 5.58 Å². The predicted octanol–water partition coefficient (Wildman–Crippen LogP) is 2.82. The Morgan fingerprint density at radius 3 is 2.74 bits per heavy atom. The Bertz CT molecular complexity index is 791. The molecule has 0 amide bonds. The van der Waals surface area contributed by atoms with Crippen LogP contribution in [0.15, 0.2) is 51.7 Å². The Balaban J connectivity index is 2.05. The van der Waals surface area contributed by atoms with E-state index in [-0.39, 0.29) is 6.04 Å². The van der Waals surface area contributed by atoms with Gasteiger partial charge in [0.05, 0.1) is 11.6 Å². The van der Waals surface area contributed by atoms with Crippen molar-refractivity contribution >= 4 is 22.7 Å². The molecule has 5 heteroatoms. The highest BCUT2D eigenvalue weighted by Crippen LogP contribution is 2.24. The number of fused-ring (bicyclic) bond motifs is 1. The molecule has 1 unspecified atom stereocenters. The van der Waals surface area contributed by atoms with Crippen LogP contribution in [-0.2, 0) is 0 Å². The number of benzene rings is 2. The van der Waals surface area contributed by atoms with Crippen LogP contribution in [0, 0.1) is 0 Å². The number of H-pyrrole nitrogens is 1. The second-order valence-corrected chi connectivity index (χ2v) is 4.74. The van der Waals surface area contributed by atoms with Gasteiger partial charge >= 0.3 is 5.76 Å². The summed E-state index contributed by atoms with van der Waals surface area (Å²) in [6, 6.07) is 12.5. The summed E-state index contributed by atoms with van der Waals surface area (Å²) >= 11 is 5.95. The average Bonchev–Trinajstić information content (AvgIpc) is 2.76. The molecule has 3 rings (SSSR count). The maximum atomic E-state index is 11.1. The van der Waals surface area contributed by atoms with E-state index in [1.165, 1.54) is 0 Å². The smallest absolute Gasteiger partial charge is 0.408 e. The Morgan fingerprint density at radius 1 is 1.16 bits per heavy atom. The fourth-order valence-electron chi connectivity index (χ4n) is 2.05. The number of halogens is 1. The first-order valence-corrected chi connectivity index (χ1v) is 6.15. The lowest BCUT2D eigenvalue weighted by Gasteiger charge is -2.12. The average molecular weight is 275 g/mol. The highest BCUT2D eigenvalue weighted by atomic mass is 35.5. The number of hydrogen-bond donors (Lipinski definition) is 2. The summed E-state index contributed by atoms with van der Waals surface area (Å²) in [5.74, 6) is -0.469. The summed E-state index contributed by atoms with van der Waals surface area (Å²) < 4.78 is 5.03. The lowest BCUT2D eigenvalue weighted by Crippen LogP contribution is -2.11. The maximum absolute atomic E-state index is 11.1. The zero-order chi connectivity index (χ0) is 13.4. The van der Waals surface area contributed by atoms with Gasteiger partial charge in [0.2, 0.25) is 0 Å². The second-order valence-electron chi connectivity index (χ2n) is 4.30. The van der Waals surface area contributed by atoms with E-state index in [0.717, 1.165) is 11.1 Å². The molecule has 0 aliphatic carbocycles. The molecule has 19 heavy (non-hydrogen) atoms. The van der Waals surface area contributed by atoms with Crippen LogP contribution in [0.4, 0.5) is 0 Å². The Kier molecular flexibility index (Phi) is 2.89. The third kappa shape index (κ3) is 2.28. The number of hydrogen-bond acceptors (Lipinski definition) is 3. The zero-order valence-electron chi connectivity index (χ0n) is 9.89. The third-order valence-corrected chi connectivity index (χ3v) is 3.25. The molecule has 0 fully saturated rings. The van der Waals surface area contributed by atoms with Crippen LogP contribution in [0.3, 0.4) is 0 Å². The number of oxazole rings is 1. The first-order chi connectivity index (χ1) is 9.13. The van der Waals surface area contributed by atoms with Crippen molar-refractivity contribution in [3.63, 3.8) is 0 Å². The Morgan fingerprint density at radius 2 is 1.95 bits per heavy atom. The van der Waals surface area contributed by atoms with Crippen molar-refractivity contribution in [2.75, 3.05) is 0 Å². The number of nitrogens with one attached hydrogen (secondary N) is 1. The third-order valence-electron chi connectivity index (χ3n) is 3.01. The van der Waals surface area contributed by atoms with Gasteiger partial charge in [0, 0.05) is 5.02 Å². The molecule has 0 aliphatic heterocycles. The van der Waals surface area contributed by atoms with Crippen LogP contribution in [0.5, 0.6) is 0 Å². The monoisotopic (exact) mass is 274 g/mol. The Hall–Kier alpha value is -2.04. The van der Waals surface area contributed by atoms with Gasteiger partial charge in [-0.3, -0.25) is 4.98 Å². The normalized spacial score (nSPS) is 12.7. The van der Waals surface area contributed by atoms with E-state index in [1.807, 2.05) is 24.3 Å². The highest BCUT2D eigenvalue weighted by Gasteiger charge is 2.11. The molecule has 3 N–H and O–H groups in total. The molecule has 4 nitrogen and oxygen atoms in total. The van der Waals surface area contributed by atoms with Gasteiger partial charge in [-0.1, -0.05) is 29.8 Å². The topological polar surface area (TPSA) is 72.0 Å². The van der Waals surface area contributed by atoms with E-state index in [1.54, 1.807) is 18.2 Å². The van der Waals surface area contributed by atoms with Gasteiger partial charge in [-0.25, -0.2) is 4.79 Å². The molecule has 0 radical (unpaired) electrons. The lowest BCUT2D eigenvalue weighted by atomic mass is 9.99. The summed E-state index contributed by atoms with van der Waals surface area (Å²) in [6.07, 6.45) is 0. The van der Waals surface area contributed by atoms with Crippen molar-refractivity contribution in [2.24, 2.45) is 5.73 Å². The van der Waals surface area contributed by atoms with Crippen LogP contribution in [0.25, 0.3) is 11.1 Å². The van der Waals surface area contributed by atoms with Crippen molar-refractivity contribution in [1.82, 2.24) is 4.98 Å². The maximum Gasteiger partial charge on any atom is 0.417 e. The first-order valence-electron chi connectivity index (χ1n) is 5.77. The predicted molar refractivity (Wildman–Crippen MR) is 74.3 cm³/mol. The molecule has 96 valence electrons. The van der Waals surface area contributed by atoms with E-state index in [4.69, 9.17) is 21.8 Å². The van der Waals surface area contributed by atoms with Crippen molar-refractivity contribution in [3.05, 3.63) is 69.2 Å². The van der Waals surface area contributed by atoms with Crippen LogP contribution in [-0.4, -0.2) is 4.98 Å². The fourth-order valence-corrected chi connectivity index (χ4v) is 2.25. The molecule has 0 aliphatic rings. The summed E-state index contributed by atoms with van der Waals surface area (Å²) in [5.41, 5.74) is 9.12. The standard InChI is InChI=1S/C14H11ClN2O2/c15-10-3-1-2-8(6-10)13(16)9-4-5-11-12(7-9)19-14(18)17-11/h1-7,13H,16H2,(H,17,18). The molecule has 0 spiro atoms. The van der Waals surface area contributed by atoms with Gasteiger partial charge in [0.1, 0.15) is 0 Å². The molecule has 0 saturated carbocycles. The van der Waals surface area contributed by atoms with E-state index < -0.39 is 5.76 Å². The van der Waals surface area contributed by atoms with Crippen LogP contribution < -0.4 is 11.5 Å². The van der Waals surface area contributed by atoms with Crippen LogP contribution in [0.1, 0.15) is 17.2 Å². The second kappa shape index (κ2) is 4.57. The van der Waals surface area contributed by atoms with Gasteiger partial charge in [-0.2, -0.15) is 0 Å². The summed E-state index contributed by atoms with van der Waals surface area (Å²) in [5, 5.41) is 0.641. The summed E-state index contributed by atoms with van der Waals surface area (Å²) in [7, 11) is 0. The van der Waals surface area contributed by atoms with Gasteiger partial charge in [-0.05, 0) is 35.4 Å². The van der Waals surface area contributed by atoms with Crippen molar-refractivity contribution in [1.29, 1.82) is 0 Å². The summed E-state index contributed by atoms with van der Waals surface area (Å²) in [6.45, 7) is 0. The number of rotatable bonds is 2. The molecular formula is C14H11ClN2O2. The van der Waals surface area contributed by atoms with Crippen molar-refractivity contribution in [2.45, 2.75) is 6.04 Å². The molecule has 2 aromatic carbocycles. The number of aromatic nitrogens is 1. The molecule has 3 aromatic rings. The summed E-state index contributed by atoms with van der Waals surface area (Å²) in [4.78, 5) is 13.7. The SMILES string of the molecule is NC(c1cccc(Cl)c1)c1ccc2[nH]c(=O)oc2c1. The minimum atomic E-state index is -0.469. The van der Waals surface area contributed by atoms with Crippen molar-refractivity contribution in [3.8, 4) is 0 Å². The highest BCUT2D eigenvalue weighted by molar-refractivity contribution is 6.30. The minimum absolute atomic E-state index is 0.316. The Labute approximate surface area is 113 Å². The number of aromatic amines is 1. The van der Waals surface area contributed by atoms with Crippen molar-refractivity contribution < 1.29 is 4.42 Å². The van der Waals surface area contributed by atoms with Gasteiger partial charge in [-0.15, -0.1) is 0 Å². The molecule has 0 saturated heterocycles. The van der Waals surface area contributed by atoms with E-state index in [9.17, 15) is 4.79 Å². The largest absolute Gasteiger partial charge is 0.417 e. The molecule has 0 bridgehead atoms. The van der Waals surface area contributed by atoms with Crippen LogP contribution >= 0.6 is 11.6 Å². The van der Waals surface area contributed by atoms with Crippen LogP contribution in [0.2, 0.25) is 5.02 Å². The minimum Gasteiger partial charge on any atom is -0.408 e. The lowest BCUT2D eigenvalue weighted by molar-refractivity contribution is 0.555. The van der Waals surface area contributed by atoms with E-state index in [0.29, 0.717) is 16.1 Å². The fraction of sp³-hybridized carbons (Fsp3) is 0.0714. The quantitative estimate of drug-likeness (QED) is 0.755. The van der Waals surface area contributed by atoms with E-state index >= 15 is 0 Å². The first kappa shape index (κ1) is 12.0. The van der Waals surface area contributed by atoms with E-state index in [2.05, 4.69) is 4.98 Å². The zero-order valence-corrected chi connectivity index (χ0v) is 10.6.